The molecule has 1 amide bonds. The van der Waals surface area contributed by atoms with Gasteiger partial charge < -0.3 is 14.8 Å². The maximum Gasteiger partial charge on any atom is 0.407 e. The van der Waals surface area contributed by atoms with Gasteiger partial charge in [0.05, 0.1) is 13.2 Å². The molecule has 1 aromatic rings. The van der Waals surface area contributed by atoms with Gasteiger partial charge in [0.1, 0.15) is 6.61 Å². The Bertz CT molecular complexity index is 319. The first-order valence-corrected chi connectivity index (χ1v) is 6.09. The van der Waals surface area contributed by atoms with Gasteiger partial charge >= 0.3 is 6.09 Å². The molecule has 94 valence electrons. The van der Waals surface area contributed by atoms with E-state index in [-0.39, 0.29) is 6.61 Å². The van der Waals surface area contributed by atoms with Crippen LogP contribution in [0, 0.1) is 0 Å². The van der Waals surface area contributed by atoms with E-state index in [4.69, 9.17) is 9.47 Å². The van der Waals surface area contributed by atoms with Crippen LogP contribution in [-0.2, 0) is 16.1 Å². The van der Waals surface area contributed by atoms with Gasteiger partial charge in [0.25, 0.3) is 0 Å². The summed E-state index contributed by atoms with van der Waals surface area (Å²) >= 11 is 4.00. The van der Waals surface area contributed by atoms with Gasteiger partial charge in [-0.1, -0.05) is 30.3 Å². The summed E-state index contributed by atoms with van der Waals surface area (Å²) in [6.07, 6.45) is -0.427. The maximum absolute atomic E-state index is 11.2. The third-order valence-electron chi connectivity index (χ3n) is 1.96. The van der Waals surface area contributed by atoms with Crippen LogP contribution in [0.25, 0.3) is 0 Å². The molecular weight excluding hydrogens is 238 g/mol. The summed E-state index contributed by atoms with van der Waals surface area (Å²) in [6.45, 7) is 1.79. The Morgan fingerprint density at radius 2 is 2.00 bits per heavy atom. The molecule has 0 aromatic heterocycles. The summed E-state index contributed by atoms with van der Waals surface area (Å²) < 4.78 is 10.2. The molecule has 0 aliphatic carbocycles. The fourth-order valence-electron chi connectivity index (χ4n) is 1.17. The maximum atomic E-state index is 11.2. The zero-order chi connectivity index (χ0) is 12.3. The molecule has 17 heavy (non-hydrogen) atoms. The van der Waals surface area contributed by atoms with Crippen molar-refractivity contribution in [3.8, 4) is 0 Å². The Kier molecular flexibility index (Phi) is 7.25. The van der Waals surface area contributed by atoms with Crippen LogP contribution in [0.15, 0.2) is 30.3 Å². The SMILES string of the molecule is O=C(NCCOCCS)OCc1ccccc1. The Labute approximate surface area is 107 Å². The van der Waals surface area contributed by atoms with Crippen molar-refractivity contribution >= 4 is 18.7 Å². The monoisotopic (exact) mass is 255 g/mol. The van der Waals surface area contributed by atoms with Gasteiger partial charge in [-0.15, -0.1) is 0 Å². The quantitative estimate of drug-likeness (QED) is 0.577. The van der Waals surface area contributed by atoms with E-state index < -0.39 is 6.09 Å². The van der Waals surface area contributed by atoms with Crippen molar-refractivity contribution in [2.45, 2.75) is 6.61 Å². The van der Waals surface area contributed by atoms with E-state index in [0.29, 0.717) is 25.5 Å². The Morgan fingerprint density at radius 3 is 2.71 bits per heavy atom. The number of carbonyl (C=O) groups is 1. The van der Waals surface area contributed by atoms with Gasteiger partial charge in [0, 0.05) is 12.3 Å². The molecule has 0 bridgehead atoms. The number of hydrogen-bond acceptors (Lipinski definition) is 4. The standard InChI is InChI=1S/C12H17NO3S/c14-12(13-6-7-15-8-9-17)16-10-11-4-2-1-3-5-11/h1-5,17H,6-10H2,(H,13,14). The van der Waals surface area contributed by atoms with E-state index in [1.165, 1.54) is 0 Å². The normalized spacial score (nSPS) is 9.94. The molecule has 0 radical (unpaired) electrons. The third-order valence-corrected chi connectivity index (χ3v) is 2.15. The van der Waals surface area contributed by atoms with Crippen LogP contribution in [0.5, 0.6) is 0 Å². The van der Waals surface area contributed by atoms with E-state index in [1.54, 1.807) is 0 Å². The van der Waals surface area contributed by atoms with Gasteiger partial charge in [0.2, 0.25) is 0 Å². The van der Waals surface area contributed by atoms with Crippen molar-refractivity contribution in [1.29, 1.82) is 0 Å². The second-order valence-corrected chi connectivity index (χ2v) is 3.77. The van der Waals surface area contributed by atoms with Gasteiger partial charge in [-0.05, 0) is 5.56 Å². The largest absolute Gasteiger partial charge is 0.445 e. The second-order valence-electron chi connectivity index (χ2n) is 3.32. The molecule has 0 fully saturated rings. The molecule has 0 aliphatic rings. The number of carbonyl (C=O) groups excluding carboxylic acids is 1. The highest BCUT2D eigenvalue weighted by molar-refractivity contribution is 7.80. The molecule has 5 heteroatoms. The van der Waals surface area contributed by atoms with E-state index >= 15 is 0 Å². The highest BCUT2D eigenvalue weighted by Gasteiger charge is 2.01. The molecule has 0 heterocycles. The molecular formula is C12H17NO3S. The minimum atomic E-state index is -0.427. The smallest absolute Gasteiger partial charge is 0.407 e. The number of ether oxygens (including phenoxy) is 2. The van der Waals surface area contributed by atoms with E-state index in [9.17, 15) is 4.79 Å². The Hall–Kier alpha value is -1.20. The molecule has 0 spiro atoms. The molecule has 4 nitrogen and oxygen atoms in total. The lowest BCUT2D eigenvalue weighted by molar-refractivity contribution is 0.125. The van der Waals surface area contributed by atoms with Crippen LogP contribution < -0.4 is 5.32 Å². The summed E-state index contributed by atoms with van der Waals surface area (Å²) in [4.78, 5) is 11.2. The Balaban J connectivity index is 2.05. The van der Waals surface area contributed by atoms with Crippen molar-refractivity contribution in [2.24, 2.45) is 0 Å². The van der Waals surface area contributed by atoms with Gasteiger partial charge in [-0.3, -0.25) is 0 Å². The zero-order valence-corrected chi connectivity index (χ0v) is 10.5. The first kappa shape index (κ1) is 13.9. The molecule has 0 saturated heterocycles. The molecule has 0 atom stereocenters. The van der Waals surface area contributed by atoms with Crippen LogP contribution in [0.2, 0.25) is 0 Å². The number of amides is 1. The van der Waals surface area contributed by atoms with Crippen LogP contribution in [-0.4, -0.2) is 31.6 Å². The Morgan fingerprint density at radius 1 is 1.24 bits per heavy atom. The summed E-state index contributed by atoms with van der Waals surface area (Å²) in [6, 6.07) is 9.54. The number of thiol groups is 1. The van der Waals surface area contributed by atoms with E-state index in [1.807, 2.05) is 30.3 Å². The van der Waals surface area contributed by atoms with Gasteiger partial charge in [-0.25, -0.2) is 4.79 Å². The van der Waals surface area contributed by atoms with Crippen molar-refractivity contribution < 1.29 is 14.3 Å². The van der Waals surface area contributed by atoms with Crippen molar-refractivity contribution in [1.82, 2.24) is 5.32 Å². The van der Waals surface area contributed by atoms with Gasteiger partial charge in [-0.2, -0.15) is 12.6 Å². The molecule has 1 N–H and O–H groups in total. The summed E-state index contributed by atoms with van der Waals surface area (Å²) in [5, 5.41) is 2.60. The van der Waals surface area contributed by atoms with Crippen molar-refractivity contribution in [2.75, 3.05) is 25.5 Å². The van der Waals surface area contributed by atoms with Crippen LogP contribution in [0.1, 0.15) is 5.56 Å². The zero-order valence-electron chi connectivity index (χ0n) is 9.59. The predicted molar refractivity (Wildman–Crippen MR) is 69.3 cm³/mol. The van der Waals surface area contributed by atoms with Crippen molar-refractivity contribution in [3.63, 3.8) is 0 Å². The van der Waals surface area contributed by atoms with Crippen LogP contribution in [0.3, 0.4) is 0 Å². The predicted octanol–water partition coefficient (Wildman–Crippen LogP) is 1.86. The number of nitrogens with one attached hydrogen (secondary N) is 1. The average Bonchev–Trinajstić information content (AvgIpc) is 2.37. The number of rotatable bonds is 7. The molecule has 1 rings (SSSR count). The number of alkyl carbamates (subject to hydrolysis) is 1. The lowest BCUT2D eigenvalue weighted by Crippen LogP contribution is -2.28. The highest BCUT2D eigenvalue weighted by Crippen LogP contribution is 2.00. The average molecular weight is 255 g/mol. The minimum absolute atomic E-state index is 0.282. The lowest BCUT2D eigenvalue weighted by atomic mass is 10.2. The second kappa shape index (κ2) is 8.90. The molecule has 0 saturated carbocycles. The summed E-state index contributed by atoms with van der Waals surface area (Å²) in [5.41, 5.74) is 0.967. The summed E-state index contributed by atoms with van der Waals surface area (Å²) in [7, 11) is 0. The fraction of sp³-hybridized carbons (Fsp3) is 0.417. The summed E-state index contributed by atoms with van der Waals surface area (Å²) in [5.74, 6) is 0.679. The van der Waals surface area contributed by atoms with Gasteiger partial charge in [0.15, 0.2) is 0 Å². The topological polar surface area (TPSA) is 47.6 Å². The minimum Gasteiger partial charge on any atom is -0.445 e. The molecule has 0 unspecified atom stereocenters. The number of benzene rings is 1. The van der Waals surface area contributed by atoms with Crippen molar-refractivity contribution in [3.05, 3.63) is 35.9 Å². The highest BCUT2D eigenvalue weighted by atomic mass is 32.1. The lowest BCUT2D eigenvalue weighted by Gasteiger charge is -2.07. The number of hydrogen-bond donors (Lipinski definition) is 2. The van der Waals surface area contributed by atoms with Crippen LogP contribution in [0.4, 0.5) is 4.79 Å². The first-order chi connectivity index (χ1) is 8.33. The molecule has 1 aromatic carbocycles. The van der Waals surface area contributed by atoms with E-state index in [2.05, 4.69) is 17.9 Å². The fourth-order valence-corrected chi connectivity index (χ4v) is 1.30. The molecule has 0 aliphatic heterocycles. The first-order valence-electron chi connectivity index (χ1n) is 5.46. The van der Waals surface area contributed by atoms with E-state index in [0.717, 1.165) is 5.56 Å². The van der Waals surface area contributed by atoms with Crippen LogP contribution >= 0.6 is 12.6 Å². The third kappa shape index (κ3) is 6.86.